The maximum atomic E-state index is 11.7. The Bertz CT molecular complexity index is 527. The van der Waals surface area contributed by atoms with E-state index in [-0.39, 0.29) is 17.4 Å². The molecular formula is C18H28N2O3. The molecule has 5 heteroatoms. The molecule has 0 aromatic heterocycles. The minimum absolute atomic E-state index is 0.0120. The normalized spacial score (nSPS) is 11.5. The van der Waals surface area contributed by atoms with Crippen molar-refractivity contribution in [3.8, 4) is 11.5 Å². The number of nitrogens with one attached hydrogen (secondary N) is 1. The molecule has 0 heterocycles. The number of benzene rings is 1. The molecule has 0 unspecified atom stereocenters. The molecular weight excluding hydrogens is 292 g/mol. The Morgan fingerprint density at radius 3 is 2.39 bits per heavy atom. The summed E-state index contributed by atoms with van der Waals surface area (Å²) in [7, 11) is 0. The predicted octanol–water partition coefficient (Wildman–Crippen LogP) is 4.08. The number of unbranched alkanes of at least 4 members (excludes halogenated alkanes) is 6. The summed E-state index contributed by atoms with van der Waals surface area (Å²) >= 11 is 0. The smallest absolute Gasteiger partial charge is 0.240 e. The molecule has 1 rings (SSSR count). The van der Waals surface area contributed by atoms with E-state index in [1.54, 1.807) is 13.0 Å². The lowest BCUT2D eigenvalue weighted by molar-refractivity contribution is -0.121. The van der Waals surface area contributed by atoms with Crippen LogP contribution in [0.2, 0.25) is 0 Å². The first-order valence-corrected chi connectivity index (χ1v) is 8.40. The van der Waals surface area contributed by atoms with Crippen molar-refractivity contribution < 1.29 is 15.0 Å². The number of hydrogen-bond acceptors (Lipinski definition) is 4. The Morgan fingerprint density at radius 1 is 1.09 bits per heavy atom. The van der Waals surface area contributed by atoms with Crippen LogP contribution in [0.1, 0.15) is 70.8 Å². The zero-order chi connectivity index (χ0) is 17.1. The van der Waals surface area contributed by atoms with Gasteiger partial charge < -0.3 is 10.2 Å². The summed E-state index contributed by atoms with van der Waals surface area (Å²) in [5, 5.41) is 23.0. The van der Waals surface area contributed by atoms with Crippen LogP contribution in [0, 0.1) is 0 Å². The summed E-state index contributed by atoms with van der Waals surface area (Å²) in [6, 6.07) is 4.27. The molecule has 0 aliphatic heterocycles. The van der Waals surface area contributed by atoms with E-state index in [2.05, 4.69) is 17.5 Å². The summed E-state index contributed by atoms with van der Waals surface area (Å²) < 4.78 is 0. The molecule has 3 N–H and O–H groups in total. The van der Waals surface area contributed by atoms with Gasteiger partial charge in [-0.2, -0.15) is 5.10 Å². The minimum Gasteiger partial charge on any atom is -0.508 e. The molecule has 0 fully saturated rings. The van der Waals surface area contributed by atoms with Crippen LogP contribution in [0.25, 0.3) is 0 Å². The van der Waals surface area contributed by atoms with Gasteiger partial charge in [0.25, 0.3) is 0 Å². The van der Waals surface area contributed by atoms with Crippen LogP contribution < -0.4 is 5.43 Å². The van der Waals surface area contributed by atoms with Crippen LogP contribution in [0.3, 0.4) is 0 Å². The first kappa shape index (κ1) is 19.0. The van der Waals surface area contributed by atoms with E-state index in [9.17, 15) is 15.0 Å². The molecule has 0 saturated heterocycles. The van der Waals surface area contributed by atoms with Crippen molar-refractivity contribution in [1.82, 2.24) is 5.43 Å². The number of carbonyl (C=O) groups is 1. The van der Waals surface area contributed by atoms with Crippen molar-refractivity contribution in [1.29, 1.82) is 0 Å². The topological polar surface area (TPSA) is 81.9 Å². The highest BCUT2D eigenvalue weighted by atomic mass is 16.3. The molecule has 0 saturated carbocycles. The average Bonchev–Trinajstić information content (AvgIpc) is 2.51. The number of aromatic hydroxyl groups is 2. The summed E-state index contributed by atoms with van der Waals surface area (Å²) in [5.41, 5.74) is 3.49. The molecule has 0 aliphatic rings. The van der Waals surface area contributed by atoms with Crippen molar-refractivity contribution in [2.24, 2.45) is 5.10 Å². The van der Waals surface area contributed by atoms with E-state index in [0.29, 0.717) is 17.7 Å². The Morgan fingerprint density at radius 2 is 1.74 bits per heavy atom. The fraction of sp³-hybridized carbons (Fsp3) is 0.556. The van der Waals surface area contributed by atoms with Gasteiger partial charge in [0, 0.05) is 18.1 Å². The van der Waals surface area contributed by atoms with E-state index in [1.807, 2.05) is 0 Å². The Kier molecular flexibility index (Phi) is 8.80. The number of rotatable bonds is 10. The van der Waals surface area contributed by atoms with Crippen LogP contribution in [0.5, 0.6) is 11.5 Å². The molecule has 1 aromatic carbocycles. The van der Waals surface area contributed by atoms with Gasteiger partial charge in [0.15, 0.2) is 0 Å². The van der Waals surface area contributed by atoms with E-state index in [4.69, 9.17) is 0 Å². The predicted molar refractivity (Wildman–Crippen MR) is 92.7 cm³/mol. The average molecular weight is 320 g/mol. The third kappa shape index (κ3) is 7.68. The zero-order valence-corrected chi connectivity index (χ0v) is 14.1. The molecule has 5 nitrogen and oxygen atoms in total. The van der Waals surface area contributed by atoms with Gasteiger partial charge in [-0.1, -0.05) is 45.4 Å². The van der Waals surface area contributed by atoms with Gasteiger partial charge in [-0.05, 0) is 25.5 Å². The molecule has 23 heavy (non-hydrogen) atoms. The molecule has 128 valence electrons. The monoisotopic (exact) mass is 320 g/mol. The largest absolute Gasteiger partial charge is 0.508 e. The second-order valence-electron chi connectivity index (χ2n) is 5.80. The first-order valence-electron chi connectivity index (χ1n) is 8.40. The van der Waals surface area contributed by atoms with Gasteiger partial charge in [0.05, 0.1) is 5.71 Å². The van der Waals surface area contributed by atoms with Gasteiger partial charge in [0.1, 0.15) is 11.5 Å². The van der Waals surface area contributed by atoms with E-state index < -0.39 is 0 Å². The highest BCUT2D eigenvalue weighted by Crippen LogP contribution is 2.22. The molecule has 1 aromatic rings. The Labute approximate surface area is 138 Å². The van der Waals surface area contributed by atoms with Crippen molar-refractivity contribution in [2.75, 3.05) is 0 Å². The molecule has 0 spiro atoms. The number of hydrogen-bond donors (Lipinski definition) is 3. The van der Waals surface area contributed by atoms with E-state index >= 15 is 0 Å². The van der Waals surface area contributed by atoms with E-state index in [0.717, 1.165) is 12.8 Å². The van der Waals surface area contributed by atoms with Gasteiger partial charge in [-0.15, -0.1) is 0 Å². The highest BCUT2D eigenvalue weighted by molar-refractivity contribution is 6.01. The van der Waals surface area contributed by atoms with Crippen LogP contribution in [-0.2, 0) is 4.79 Å². The molecule has 0 atom stereocenters. The fourth-order valence-corrected chi connectivity index (χ4v) is 2.33. The SMILES string of the molecule is CCCCCCCCCC(=O)NN=C(C)c1ccc(O)cc1O. The van der Waals surface area contributed by atoms with Crippen LogP contribution in [0.15, 0.2) is 23.3 Å². The van der Waals surface area contributed by atoms with Crippen LogP contribution in [-0.4, -0.2) is 21.8 Å². The summed E-state index contributed by atoms with van der Waals surface area (Å²) in [5.74, 6) is -0.189. The number of nitrogens with zero attached hydrogens (tertiary/aromatic N) is 1. The minimum atomic E-state index is -0.115. The maximum Gasteiger partial charge on any atom is 0.240 e. The summed E-state index contributed by atoms with van der Waals surface area (Å²) in [6.45, 7) is 3.89. The lowest BCUT2D eigenvalue weighted by Gasteiger charge is -2.05. The summed E-state index contributed by atoms with van der Waals surface area (Å²) in [6.07, 6.45) is 8.64. The van der Waals surface area contributed by atoms with E-state index in [1.165, 1.54) is 44.2 Å². The lowest BCUT2D eigenvalue weighted by atomic mass is 10.1. The quantitative estimate of drug-likeness (QED) is 0.345. The van der Waals surface area contributed by atoms with Gasteiger partial charge in [-0.3, -0.25) is 4.79 Å². The fourth-order valence-electron chi connectivity index (χ4n) is 2.33. The van der Waals surface area contributed by atoms with Crippen molar-refractivity contribution in [2.45, 2.75) is 65.2 Å². The van der Waals surface area contributed by atoms with Crippen LogP contribution >= 0.6 is 0 Å². The van der Waals surface area contributed by atoms with Crippen molar-refractivity contribution >= 4 is 11.6 Å². The van der Waals surface area contributed by atoms with Gasteiger partial charge in [0.2, 0.25) is 5.91 Å². The molecule has 0 bridgehead atoms. The molecule has 0 radical (unpaired) electrons. The standard InChI is InChI=1S/C18H28N2O3/c1-3-4-5-6-7-8-9-10-18(23)20-19-14(2)16-12-11-15(21)13-17(16)22/h11-13,21-22H,3-10H2,1-2H3,(H,20,23). The number of carbonyl (C=O) groups excluding carboxylic acids is 1. The molecule has 1 amide bonds. The zero-order valence-electron chi connectivity index (χ0n) is 14.1. The lowest BCUT2D eigenvalue weighted by Crippen LogP contribution is -2.18. The second-order valence-corrected chi connectivity index (χ2v) is 5.80. The number of amides is 1. The summed E-state index contributed by atoms with van der Waals surface area (Å²) in [4.78, 5) is 11.7. The third-order valence-corrected chi connectivity index (χ3v) is 3.73. The van der Waals surface area contributed by atoms with Gasteiger partial charge in [-0.25, -0.2) is 5.43 Å². The Balaban J connectivity index is 2.28. The third-order valence-electron chi connectivity index (χ3n) is 3.73. The van der Waals surface area contributed by atoms with Gasteiger partial charge >= 0.3 is 0 Å². The highest BCUT2D eigenvalue weighted by Gasteiger charge is 2.06. The number of hydrazone groups is 1. The Hall–Kier alpha value is -2.04. The number of phenolic OH excluding ortho intramolecular Hbond substituents is 2. The van der Waals surface area contributed by atoms with Crippen molar-refractivity contribution in [3.63, 3.8) is 0 Å². The number of phenols is 2. The molecule has 0 aliphatic carbocycles. The second kappa shape index (κ2) is 10.6. The first-order chi connectivity index (χ1) is 11.0. The maximum absolute atomic E-state index is 11.7. The van der Waals surface area contributed by atoms with Crippen molar-refractivity contribution in [3.05, 3.63) is 23.8 Å². The van der Waals surface area contributed by atoms with Crippen LogP contribution in [0.4, 0.5) is 0 Å².